The third-order valence-corrected chi connectivity index (χ3v) is 2.74. The van der Waals surface area contributed by atoms with Gasteiger partial charge in [0.25, 0.3) is 5.56 Å². The second kappa shape index (κ2) is 6.39. The van der Waals surface area contributed by atoms with Crippen molar-refractivity contribution in [1.82, 2.24) is 14.9 Å². The number of aromatic amines is 1. The highest BCUT2D eigenvalue weighted by atomic mass is 16.1. The van der Waals surface area contributed by atoms with Gasteiger partial charge in [-0.1, -0.05) is 0 Å². The molecule has 0 spiro atoms. The summed E-state index contributed by atoms with van der Waals surface area (Å²) >= 11 is 0. The van der Waals surface area contributed by atoms with E-state index in [2.05, 4.69) is 41.1 Å². The van der Waals surface area contributed by atoms with Crippen molar-refractivity contribution in [2.75, 3.05) is 25.5 Å². The molecule has 0 aliphatic rings. The lowest BCUT2D eigenvalue weighted by molar-refractivity contribution is 0.273. The number of H-pyrrole nitrogens is 1. The first-order valence-corrected chi connectivity index (χ1v) is 6.01. The Balaban J connectivity index is 2.34. The number of hydrogen-bond acceptors (Lipinski definition) is 4. The van der Waals surface area contributed by atoms with Crippen LogP contribution in [0.25, 0.3) is 0 Å². The van der Waals surface area contributed by atoms with Crippen LogP contribution in [0.4, 0.5) is 5.82 Å². The van der Waals surface area contributed by atoms with Crippen molar-refractivity contribution in [3.05, 3.63) is 22.2 Å². The molecule has 0 aromatic carbocycles. The number of hydrogen-bond donors (Lipinski definition) is 2. The van der Waals surface area contributed by atoms with E-state index < -0.39 is 0 Å². The second-order valence-electron chi connectivity index (χ2n) is 4.57. The minimum absolute atomic E-state index is 0.112. The van der Waals surface area contributed by atoms with Crippen LogP contribution in [0.3, 0.4) is 0 Å². The van der Waals surface area contributed by atoms with E-state index in [1.807, 2.05) is 0 Å². The fraction of sp³-hybridized carbons (Fsp3) is 0.667. The van der Waals surface area contributed by atoms with Crippen LogP contribution in [0, 0.1) is 6.92 Å². The SMILES string of the molecule is Cc1nc(NCCCN(C)C(C)C)cc(=O)[nH]1. The molecule has 1 rings (SSSR count). The summed E-state index contributed by atoms with van der Waals surface area (Å²) in [6.07, 6.45) is 1.03. The molecule has 5 heteroatoms. The normalized spacial score (nSPS) is 11.2. The van der Waals surface area contributed by atoms with Gasteiger partial charge in [0.15, 0.2) is 0 Å². The number of nitrogens with zero attached hydrogens (tertiary/aromatic N) is 2. The average Bonchev–Trinajstić information content (AvgIpc) is 2.22. The van der Waals surface area contributed by atoms with E-state index in [0.29, 0.717) is 17.7 Å². The summed E-state index contributed by atoms with van der Waals surface area (Å²) in [5.41, 5.74) is -0.112. The molecule has 1 heterocycles. The Morgan fingerprint density at radius 1 is 1.53 bits per heavy atom. The van der Waals surface area contributed by atoms with Crippen LogP contribution >= 0.6 is 0 Å². The maximum Gasteiger partial charge on any atom is 0.252 e. The van der Waals surface area contributed by atoms with E-state index >= 15 is 0 Å². The summed E-state index contributed by atoms with van der Waals surface area (Å²) in [6, 6.07) is 2.05. The molecule has 0 fully saturated rings. The highest BCUT2D eigenvalue weighted by molar-refractivity contribution is 5.32. The Labute approximate surface area is 102 Å². The van der Waals surface area contributed by atoms with Gasteiger partial charge in [0.05, 0.1) is 0 Å². The first-order chi connectivity index (χ1) is 7.99. The summed E-state index contributed by atoms with van der Waals surface area (Å²) < 4.78 is 0. The van der Waals surface area contributed by atoms with Crippen LogP contribution in [0.1, 0.15) is 26.1 Å². The Kier molecular flexibility index (Phi) is 5.15. The fourth-order valence-electron chi connectivity index (χ4n) is 1.47. The maximum atomic E-state index is 11.2. The van der Waals surface area contributed by atoms with E-state index in [9.17, 15) is 4.79 Å². The van der Waals surface area contributed by atoms with Gasteiger partial charge in [-0.3, -0.25) is 4.79 Å². The average molecular weight is 238 g/mol. The quantitative estimate of drug-likeness (QED) is 0.732. The van der Waals surface area contributed by atoms with Gasteiger partial charge in [0.2, 0.25) is 0 Å². The van der Waals surface area contributed by atoms with E-state index in [-0.39, 0.29) is 5.56 Å². The molecule has 2 N–H and O–H groups in total. The first kappa shape index (κ1) is 13.7. The van der Waals surface area contributed by atoms with Crippen LogP contribution < -0.4 is 10.9 Å². The standard InChI is InChI=1S/C12H22N4O/c1-9(2)16(4)7-5-6-13-11-8-12(17)15-10(3)14-11/h8-9H,5-7H2,1-4H3,(H2,13,14,15,17). The number of aryl methyl sites for hydroxylation is 1. The Hall–Kier alpha value is -1.36. The van der Waals surface area contributed by atoms with E-state index in [1.165, 1.54) is 6.07 Å². The highest BCUT2D eigenvalue weighted by Gasteiger charge is 2.02. The maximum absolute atomic E-state index is 11.2. The van der Waals surface area contributed by atoms with Crippen molar-refractivity contribution in [3.63, 3.8) is 0 Å². The lowest BCUT2D eigenvalue weighted by Gasteiger charge is -2.20. The molecule has 96 valence electrons. The predicted molar refractivity (Wildman–Crippen MR) is 70.5 cm³/mol. The molecule has 1 aromatic heterocycles. The second-order valence-corrected chi connectivity index (χ2v) is 4.57. The Morgan fingerprint density at radius 2 is 2.24 bits per heavy atom. The number of rotatable bonds is 6. The van der Waals surface area contributed by atoms with Crippen molar-refractivity contribution in [3.8, 4) is 0 Å². The van der Waals surface area contributed by atoms with Crippen LogP contribution in [0.2, 0.25) is 0 Å². The van der Waals surface area contributed by atoms with Crippen LogP contribution in [0.5, 0.6) is 0 Å². The summed E-state index contributed by atoms with van der Waals surface area (Å²) in [5.74, 6) is 1.29. The van der Waals surface area contributed by atoms with Crippen molar-refractivity contribution in [2.45, 2.75) is 33.2 Å². The topological polar surface area (TPSA) is 61.0 Å². The summed E-state index contributed by atoms with van der Waals surface area (Å²) in [6.45, 7) is 7.99. The molecule has 0 saturated carbocycles. The molecule has 17 heavy (non-hydrogen) atoms. The third kappa shape index (κ3) is 4.99. The van der Waals surface area contributed by atoms with Gasteiger partial charge in [-0.05, 0) is 40.8 Å². The molecule has 0 unspecified atom stereocenters. The van der Waals surface area contributed by atoms with Gasteiger partial charge >= 0.3 is 0 Å². The van der Waals surface area contributed by atoms with Crippen LogP contribution in [-0.4, -0.2) is 41.0 Å². The molecule has 5 nitrogen and oxygen atoms in total. The summed E-state index contributed by atoms with van der Waals surface area (Å²) in [4.78, 5) is 20.3. The molecule has 0 amide bonds. The van der Waals surface area contributed by atoms with Crippen molar-refractivity contribution in [1.29, 1.82) is 0 Å². The fourth-order valence-corrected chi connectivity index (χ4v) is 1.47. The van der Waals surface area contributed by atoms with E-state index in [0.717, 1.165) is 19.5 Å². The van der Waals surface area contributed by atoms with Crippen LogP contribution in [0.15, 0.2) is 10.9 Å². The zero-order valence-electron chi connectivity index (χ0n) is 11.1. The van der Waals surface area contributed by atoms with E-state index in [4.69, 9.17) is 0 Å². The van der Waals surface area contributed by atoms with Gasteiger partial charge in [-0.15, -0.1) is 0 Å². The van der Waals surface area contributed by atoms with Crippen molar-refractivity contribution in [2.24, 2.45) is 0 Å². The third-order valence-electron chi connectivity index (χ3n) is 2.74. The largest absolute Gasteiger partial charge is 0.370 e. The van der Waals surface area contributed by atoms with E-state index in [1.54, 1.807) is 6.92 Å². The molecular formula is C12H22N4O. The van der Waals surface area contributed by atoms with Gasteiger partial charge in [-0.2, -0.15) is 0 Å². The Bertz CT molecular complexity index is 400. The molecule has 1 aromatic rings. The van der Waals surface area contributed by atoms with Gasteiger partial charge in [0, 0.05) is 18.7 Å². The van der Waals surface area contributed by atoms with Crippen molar-refractivity contribution >= 4 is 5.82 Å². The molecule has 0 aliphatic heterocycles. The Morgan fingerprint density at radius 3 is 2.82 bits per heavy atom. The predicted octanol–water partition coefficient (Wildman–Crippen LogP) is 1.22. The lowest BCUT2D eigenvalue weighted by Crippen LogP contribution is -2.28. The zero-order valence-corrected chi connectivity index (χ0v) is 11.1. The van der Waals surface area contributed by atoms with Crippen molar-refractivity contribution < 1.29 is 0 Å². The molecule has 0 atom stereocenters. The highest BCUT2D eigenvalue weighted by Crippen LogP contribution is 1.99. The minimum Gasteiger partial charge on any atom is -0.370 e. The van der Waals surface area contributed by atoms with Crippen LogP contribution in [-0.2, 0) is 0 Å². The van der Waals surface area contributed by atoms with Gasteiger partial charge < -0.3 is 15.2 Å². The first-order valence-electron chi connectivity index (χ1n) is 6.01. The summed E-state index contributed by atoms with van der Waals surface area (Å²) in [5, 5.41) is 3.16. The number of aromatic nitrogens is 2. The molecule has 0 bridgehead atoms. The minimum atomic E-state index is -0.112. The number of anilines is 1. The lowest BCUT2D eigenvalue weighted by atomic mass is 10.3. The molecular weight excluding hydrogens is 216 g/mol. The number of nitrogens with one attached hydrogen (secondary N) is 2. The van der Waals surface area contributed by atoms with Gasteiger partial charge in [0.1, 0.15) is 11.6 Å². The van der Waals surface area contributed by atoms with Gasteiger partial charge in [-0.25, -0.2) is 4.98 Å². The summed E-state index contributed by atoms with van der Waals surface area (Å²) in [7, 11) is 2.11. The molecule has 0 saturated heterocycles. The smallest absolute Gasteiger partial charge is 0.252 e. The molecule has 0 aliphatic carbocycles. The molecule has 0 radical (unpaired) electrons. The monoisotopic (exact) mass is 238 g/mol. The zero-order chi connectivity index (χ0) is 12.8.